The number of anilines is 2. The van der Waals surface area contributed by atoms with Gasteiger partial charge in [0.05, 0.1) is 17.1 Å². The van der Waals surface area contributed by atoms with Crippen molar-refractivity contribution in [1.82, 2.24) is 0 Å². The summed E-state index contributed by atoms with van der Waals surface area (Å²) in [5.74, 6) is -0.132. The lowest BCUT2D eigenvalue weighted by Crippen LogP contribution is -2.54. The molecule has 0 amide bonds. The topological polar surface area (TPSA) is 48.3 Å². The average Bonchev–Trinajstić information content (AvgIpc) is 3.36. The normalized spacial score (nSPS) is 18.3. The number of fused-ring (bicyclic) bond motifs is 2. The van der Waals surface area contributed by atoms with Gasteiger partial charge in [0, 0.05) is 21.7 Å². The third-order valence-electron chi connectivity index (χ3n) is 6.85. The summed E-state index contributed by atoms with van der Waals surface area (Å²) in [5.41, 5.74) is 6.21. The van der Waals surface area contributed by atoms with Crippen LogP contribution in [0.5, 0.6) is 0 Å². The molecular weight excluding hydrogens is 512 g/mol. The Balaban J connectivity index is 1.64. The maximum atomic E-state index is 13.8. The molecule has 0 fully saturated rings. The van der Waals surface area contributed by atoms with Crippen LogP contribution in [0.3, 0.4) is 0 Å². The van der Waals surface area contributed by atoms with E-state index >= 15 is 0 Å². The molecule has 0 unspecified atom stereocenters. The van der Waals surface area contributed by atoms with Crippen molar-refractivity contribution >= 4 is 51.3 Å². The molecule has 1 spiro atoms. The summed E-state index contributed by atoms with van der Waals surface area (Å²) in [4.78, 5) is 12.8. The highest BCUT2D eigenvalue weighted by Gasteiger charge is 2.56. The molecule has 0 radical (unpaired) electrons. The second-order valence-corrected chi connectivity index (χ2v) is 10.7. The van der Waals surface area contributed by atoms with Crippen molar-refractivity contribution in [3.63, 3.8) is 0 Å². The van der Waals surface area contributed by atoms with E-state index in [0.717, 1.165) is 40.2 Å². The predicted octanol–water partition coefficient (Wildman–Crippen LogP) is 7.84. The van der Waals surface area contributed by atoms with E-state index in [4.69, 9.17) is 21.8 Å². The smallest absolute Gasteiger partial charge is 0.234 e. The van der Waals surface area contributed by atoms with Crippen molar-refractivity contribution in [2.45, 2.75) is 25.3 Å². The zero-order chi connectivity index (χ0) is 26.3. The van der Waals surface area contributed by atoms with Crippen molar-refractivity contribution in [1.29, 1.82) is 0 Å². The predicted molar refractivity (Wildman–Crippen MR) is 158 cm³/mol. The van der Waals surface area contributed by atoms with Gasteiger partial charge in [0.1, 0.15) is 0 Å². The molecule has 2 aliphatic heterocycles. The number of halogens is 1. The maximum absolute atomic E-state index is 13.8. The SMILES string of the molecule is CCC1=NN(c2ccccc2)[C@@]2(SC(C(=O)c3ccccc3)=NN2c2cccc(Cl)c2C)c2ccccc21. The van der Waals surface area contributed by atoms with Gasteiger partial charge >= 0.3 is 0 Å². The Morgan fingerprint density at radius 2 is 1.53 bits per heavy atom. The van der Waals surface area contributed by atoms with Crippen LogP contribution in [-0.2, 0) is 4.99 Å². The fraction of sp³-hybridized carbons (Fsp3) is 0.129. The molecule has 1 atom stereocenters. The molecule has 38 heavy (non-hydrogen) atoms. The van der Waals surface area contributed by atoms with Crippen molar-refractivity contribution in [3.8, 4) is 0 Å². The molecule has 0 aliphatic carbocycles. The summed E-state index contributed by atoms with van der Waals surface area (Å²) < 4.78 is 0. The Labute approximate surface area is 231 Å². The van der Waals surface area contributed by atoms with Crippen LogP contribution in [0.15, 0.2) is 113 Å². The number of para-hydroxylation sites is 1. The van der Waals surface area contributed by atoms with E-state index in [-0.39, 0.29) is 5.78 Å². The molecule has 188 valence electrons. The highest BCUT2D eigenvalue weighted by atomic mass is 35.5. The number of thioether (sulfide) groups is 1. The van der Waals surface area contributed by atoms with Crippen molar-refractivity contribution in [2.75, 3.05) is 10.0 Å². The summed E-state index contributed by atoms with van der Waals surface area (Å²) in [6.07, 6.45) is 0.758. The van der Waals surface area contributed by atoms with Crippen molar-refractivity contribution < 1.29 is 4.79 Å². The quantitative estimate of drug-likeness (QED) is 0.244. The summed E-state index contributed by atoms with van der Waals surface area (Å²) >= 11 is 8.04. The zero-order valence-electron chi connectivity index (χ0n) is 21.0. The minimum absolute atomic E-state index is 0.132. The van der Waals surface area contributed by atoms with Gasteiger partial charge in [-0.05, 0) is 54.9 Å². The molecular formula is C31H25ClN4OS. The van der Waals surface area contributed by atoms with Crippen LogP contribution in [0, 0.1) is 6.92 Å². The zero-order valence-corrected chi connectivity index (χ0v) is 22.6. The lowest BCUT2D eigenvalue weighted by atomic mass is 9.96. The average molecular weight is 537 g/mol. The molecule has 2 heterocycles. The van der Waals surface area contributed by atoms with Crippen LogP contribution in [0.25, 0.3) is 0 Å². The third-order valence-corrected chi connectivity index (χ3v) is 8.57. The lowest BCUT2D eigenvalue weighted by Gasteiger charge is -2.47. The standard InChI is InChI=1S/C31H25ClN4OS/c1-3-27-24-17-10-11-18-25(24)31(35(33-27)23-15-8-5-9-16-23)36(28-20-12-19-26(32)21(28)2)34-30(38-31)29(37)22-13-6-4-7-14-22/h4-20H,3H2,1-2H3/t31-/m0/s1. The van der Waals surface area contributed by atoms with E-state index in [0.29, 0.717) is 15.6 Å². The lowest BCUT2D eigenvalue weighted by molar-refractivity contribution is 0.106. The van der Waals surface area contributed by atoms with Crippen LogP contribution in [-0.4, -0.2) is 16.5 Å². The van der Waals surface area contributed by atoms with Crippen LogP contribution in [0.4, 0.5) is 11.4 Å². The van der Waals surface area contributed by atoms with Crippen molar-refractivity contribution in [2.24, 2.45) is 10.2 Å². The first-order valence-corrected chi connectivity index (χ1v) is 13.7. The van der Waals surface area contributed by atoms with Crippen LogP contribution < -0.4 is 10.0 Å². The summed E-state index contributed by atoms with van der Waals surface area (Å²) in [6.45, 7) is 4.09. The Kier molecular flexibility index (Phi) is 6.30. The molecule has 6 rings (SSSR count). The van der Waals surface area contributed by atoms with Gasteiger partial charge in [-0.25, -0.2) is 10.0 Å². The number of hydrogen-bond donors (Lipinski definition) is 0. The highest BCUT2D eigenvalue weighted by Crippen LogP contribution is 2.55. The highest BCUT2D eigenvalue weighted by molar-refractivity contribution is 8.17. The number of Topliss-reactive ketones (excluding diaryl/α,β-unsaturated/α-hetero) is 1. The van der Waals surface area contributed by atoms with Gasteiger partial charge in [-0.1, -0.05) is 97.4 Å². The van der Waals surface area contributed by atoms with E-state index in [2.05, 4.69) is 19.1 Å². The van der Waals surface area contributed by atoms with Gasteiger partial charge in [-0.15, -0.1) is 0 Å². The van der Waals surface area contributed by atoms with Crippen LogP contribution in [0.2, 0.25) is 5.02 Å². The number of carbonyl (C=O) groups excluding carboxylic acids is 1. The fourth-order valence-corrected chi connectivity index (χ4v) is 6.46. The molecule has 4 aromatic rings. The monoisotopic (exact) mass is 536 g/mol. The van der Waals surface area contributed by atoms with E-state index < -0.39 is 4.99 Å². The van der Waals surface area contributed by atoms with Gasteiger partial charge < -0.3 is 0 Å². The van der Waals surface area contributed by atoms with Gasteiger partial charge in [0.15, 0.2) is 5.04 Å². The molecule has 5 nitrogen and oxygen atoms in total. The Bertz CT molecular complexity index is 1590. The molecule has 0 bridgehead atoms. The number of hydrogen-bond acceptors (Lipinski definition) is 6. The second kappa shape index (κ2) is 9.78. The number of carbonyl (C=O) groups is 1. The first-order valence-electron chi connectivity index (χ1n) is 12.5. The summed E-state index contributed by atoms with van der Waals surface area (Å²) in [7, 11) is 0. The Morgan fingerprint density at radius 1 is 0.842 bits per heavy atom. The van der Waals surface area contributed by atoms with Crippen molar-refractivity contribution in [3.05, 3.63) is 130 Å². The number of nitrogens with zero attached hydrogens (tertiary/aromatic N) is 4. The molecule has 0 aromatic heterocycles. The summed E-state index contributed by atoms with van der Waals surface area (Å²) in [6, 6.07) is 33.4. The number of ketones is 1. The molecule has 0 saturated carbocycles. The molecule has 4 aromatic carbocycles. The minimum atomic E-state index is -0.994. The minimum Gasteiger partial charge on any atom is -0.286 e. The van der Waals surface area contributed by atoms with Gasteiger partial charge in [-0.2, -0.15) is 10.2 Å². The molecule has 0 saturated heterocycles. The maximum Gasteiger partial charge on any atom is 0.234 e. The van der Waals surface area contributed by atoms with E-state index in [1.54, 1.807) is 0 Å². The van der Waals surface area contributed by atoms with Gasteiger partial charge in [0.25, 0.3) is 0 Å². The number of rotatable bonds is 5. The van der Waals surface area contributed by atoms with E-state index in [1.807, 2.05) is 108 Å². The number of benzene rings is 4. The number of hydrazone groups is 2. The first-order chi connectivity index (χ1) is 18.5. The molecule has 7 heteroatoms. The molecule has 0 N–H and O–H groups in total. The van der Waals surface area contributed by atoms with E-state index in [9.17, 15) is 4.79 Å². The Morgan fingerprint density at radius 3 is 2.26 bits per heavy atom. The van der Waals surface area contributed by atoms with Gasteiger partial charge in [-0.3, -0.25) is 4.79 Å². The largest absolute Gasteiger partial charge is 0.286 e. The fourth-order valence-electron chi connectivity index (χ4n) is 4.94. The Hall–Kier alpha value is -3.87. The van der Waals surface area contributed by atoms with Crippen LogP contribution in [0.1, 0.15) is 40.4 Å². The summed E-state index contributed by atoms with van der Waals surface area (Å²) in [5, 5.41) is 15.2. The van der Waals surface area contributed by atoms with Crippen LogP contribution >= 0.6 is 23.4 Å². The first kappa shape index (κ1) is 24.5. The third kappa shape index (κ3) is 3.83. The van der Waals surface area contributed by atoms with E-state index in [1.165, 1.54) is 11.8 Å². The second-order valence-electron chi connectivity index (χ2n) is 9.10. The van der Waals surface area contributed by atoms with Gasteiger partial charge in [0.2, 0.25) is 10.8 Å². The molecule has 2 aliphatic rings.